The van der Waals surface area contributed by atoms with Crippen molar-refractivity contribution >= 4 is 28.2 Å². The lowest BCUT2D eigenvalue weighted by Crippen LogP contribution is -2.31. The largest absolute Gasteiger partial charge is 0.503 e. The second-order valence-corrected chi connectivity index (χ2v) is 7.20. The molecule has 3 aromatic rings. The molecule has 1 aliphatic rings. The van der Waals surface area contributed by atoms with Gasteiger partial charge in [-0.1, -0.05) is 23.5 Å². The van der Waals surface area contributed by atoms with Gasteiger partial charge in [0.05, 0.1) is 19.8 Å². The first-order valence-corrected chi connectivity index (χ1v) is 9.70. The smallest absolute Gasteiger partial charge is 0.296 e. The number of Topliss-reactive ketones (excluding diaryl/α,β-unsaturated/α-hetero) is 1. The highest BCUT2D eigenvalue weighted by molar-refractivity contribution is 7.13. The minimum absolute atomic E-state index is 0.00725. The first-order chi connectivity index (χ1) is 14.5. The Morgan fingerprint density at radius 2 is 2.03 bits per heavy atom. The third-order valence-corrected chi connectivity index (χ3v) is 5.39. The first-order valence-electron chi connectivity index (χ1n) is 8.82. The molecule has 10 heteroatoms. The van der Waals surface area contributed by atoms with Crippen LogP contribution in [0.1, 0.15) is 27.9 Å². The quantitative estimate of drug-likeness (QED) is 0.596. The number of methoxy groups -OCH3 is 2. The van der Waals surface area contributed by atoms with Crippen LogP contribution >= 0.6 is 11.3 Å². The predicted octanol–water partition coefficient (Wildman–Crippen LogP) is 3.24. The molecule has 1 N–H and O–H groups in total. The van der Waals surface area contributed by atoms with Crippen LogP contribution in [0.3, 0.4) is 0 Å². The summed E-state index contributed by atoms with van der Waals surface area (Å²) in [6, 6.07) is 7.19. The third kappa shape index (κ3) is 3.01. The van der Waals surface area contributed by atoms with Crippen LogP contribution in [0.5, 0.6) is 11.5 Å². The Morgan fingerprint density at radius 3 is 2.63 bits per heavy atom. The van der Waals surface area contributed by atoms with Crippen molar-refractivity contribution in [1.82, 2.24) is 10.2 Å². The molecule has 1 aromatic carbocycles. The number of hydrogen-bond donors (Lipinski definition) is 1. The molecule has 154 valence electrons. The average Bonchev–Trinajstić information content (AvgIpc) is 3.48. The lowest BCUT2D eigenvalue weighted by molar-refractivity contribution is -0.117. The van der Waals surface area contributed by atoms with Crippen LogP contribution in [0.4, 0.5) is 5.13 Å². The van der Waals surface area contributed by atoms with E-state index in [0.29, 0.717) is 22.8 Å². The normalized spacial score (nSPS) is 16.3. The molecule has 0 saturated heterocycles. The Labute approximate surface area is 175 Å². The molecule has 9 nitrogen and oxygen atoms in total. The summed E-state index contributed by atoms with van der Waals surface area (Å²) >= 11 is 1.10. The van der Waals surface area contributed by atoms with Gasteiger partial charge in [-0.15, -0.1) is 10.2 Å². The first kappa shape index (κ1) is 19.6. The van der Waals surface area contributed by atoms with Gasteiger partial charge in [-0.05, 0) is 25.1 Å². The highest BCUT2D eigenvalue weighted by atomic mass is 32.1. The fraction of sp³-hybridized carbons (Fsp3) is 0.200. The van der Waals surface area contributed by atoms with Crippen LogP contribution in [-0.4, -0.2) is 41.2 Å². The molecule has 0 bridgehead atoms. The van der Waals surface area contributed by atoms with E-state index in [1.165, 1.54) is 30.7 Å². The van der Waals surface area contributed by atoms with Crippen molar-refractivity contribution in [2.24, 2.45) is 0 Å². The number of ketones is 1. The maximum absolute atomic E-state index is 13.3. The van der Waals surface area contributed by atoms with Crippen LogP contribution in [0, 0.1) is 6.92 Å². The fourth-order valence-electron chi connectivity index (χ4n) is 3.42. The summed E-state index contributed by atoms with van der Waals surface area (Å²) in [7, 11) is 2.93. The van der Waals surface area contributed by atoms with Crippen molar-refractivity contribution in [3.05, 3.63) is 64.3 Å². The number of aryl methyl sites for hydroxylation is 1. The van der Waals surface area contributed by atoms with Gasteiger partial charge in [0.2, 0.25) is 10.9 Å². The second-order valence-electron chi connectivity index (χ2n) is 6.38. The van der Waals surface area contributed by atoms with Crippen LogP contribution in [-0.2, 0) is 4.79 Å². The highest BCUT2D eigenvalue weighted by Crippen LogP contribution is 2.47. The molecule has 0 saturated carbocycles. The number of carbonyl (C=O) groups excluding carboxylic acids is 2. The van der Waals surface area contributed by atoms with E-state index in [-0.39, 0.29) is 16.5 Å². The minimum Gasteiger partial charge on any atom is -0.503 e. The molecule has 1 amide bonds. The lowest BCUT2D eigenvalue weighted by atomic mass is 9.94. The average molecular weight is 427 g/mol. The Balaban J connectivity index is 1.94. The third-order valence-electron chi connectivity index (χ3n) is 4.70. The van der Waals surface area contributed by atoms with E-state index in [1.807, 2.05) is 0 Å². The van der Waals surface area contributed by atoms with Gasteiger partial charge in [0.25, 0.3) is 5.91 Å². The molecule has 2 aromatic heterocycles. The number of aromatic nitrogens is 2. The van der Waals surface area contributed by atoms with Crippen LogP contribution in [0.15, 0.2) is 51.6 Å². The zero-order chi connectivity index (χ0) is 21.4. The summed E-state index contributed by atoms with van der Waals surface area (Å²) in [6.07, 6.45) is 0. The number of hydrogen-bond acceptors (Lipinski definition) is 9. The lowest BCUT2D eigenvalue weighted by Gasteiger charge is -2.26. The van der Waals surface area contributed by atoms with E-state index in [4.69, 9.17) is 13.9 Å². The fourth-order valence-corrected chi connectivity index (χ4v) is 4.00. The summed E-state index contributed by atoms with van der Waals surface area (Å²) in [4.78, 5) is 27.5. The Kier molecular flexibility index (Phi) is 5.00. The molecule has 3 heterocycles. The van der Waals surface area contributed by atoms with Gasteiger partial charge in [-0.3, -0.25) is 14.5 Å². The number of rotatable bonds is 6. The Morgan fingerprint density at radius 1 is 1.23 bits per heavy atom. The predicted molar refractivity (Wildman–Crippen MR) is 107 cm³/mol. The SMILES string of the molecule is COc1cccc(C2C(C(=O)c3ccc(C)o3)=C(O)C(=O)N2c2nncs2)c1OC. The molecule has 0 fully saturated rings. The number of furan rings is 1. The number of para-hydroxylation sites is 1. The van der Waals surface area contributed by atoms with Crippen molar-refractivity contribution in [2.75, 3.05) is 19.1 Å². The summed E-state index contributed by atoms with van der Waals surface area (Å²) in [5.41, 5.74) is 1.75. The van der Waals surface area contributed by atoms with Gasteiger partial charge in [0, 0.05) is 5.56 Å². The summed E-state index contributed by atoms with van der Waals surface area (Å²) in [5, 5.41) is 18.7. The summed E-state index contributed by atoms with van der Waals surface area (Å²) < 4.78 is 16.3. The van der Waals surface area contributed by atoms with Gasteiger partial charge in [0.1, 0.15) is 17.3 Å². The monoisotopic (exact) mass is 427 g/mol. The zero-order valence-electron chi connectivity index (χ0n) is 16.3. The standard InChI is InChI=1S/C20H17N3O6S/c1-10-7-8-12(29-10)16(24)14-15(11-5-4-6-13(27-2)18(11)28-3)23(19(26)17(14)25)20-22-21-9-30-20/h4-9,15,25H,1-3H3. The van der Waals surface area contributed by atoms with Crippen LogP contribution < -0.4 is 14.4 Å². The molecular weight excluding hydrogens is 410 g/mol. The van der Waals surface area contributed by atoms with Gasteiger partial charge in [-0.2, -0.15) is 0 Å². The Hall–Kier alpha value is -3.66. The van der Waals surface area contributed by atoms with Crippen molar-refractivity contribution < 1.29 is 28.6 Å². The van der Waals surface area contributed by atoms with Crippen molar-refractivity contribution in [2.45, 2.75) is 13.0 Å². The number of aliphatic hydroxyl groups is 1. The molecule has 0 radical (unpaired) electrons. The van der Waals surface area contributed by atoms with Crippen molar-refractivity contribution in [3.8, 4) is 11.5 Å². The zero-order valence-corrected chi connectivity index (χ0v) is 17.1. The van der Waals surface area contributed by atoms with E-state index in [9.17, 15) is 14.7 Å². The van der Waals surface area contributed by atoms with Gasteiger partial charge >= 0.3 is 0 Å². The summed E-state index contributed by atoms with van der Waals surface area (Å²) in [6.45, 7) is 1.70. The van der Waals surface area contributed by atoms with E-state index in [1.54, 1.807) is 31.2 Å². The number of amides is 1. The van der Waals surface area contributed by atoms with Gasteiger partial charge in [-0.25, -0.2) is 0 Å². The second kappa shape index (κ2) is 7.64. The number of benzene rings is 1. The molecule has 4 rings (SSSR count). The van der Waals surface area contributed by atoms with Gasteiger partial charge in [0.15, 0.2) is 23.0 Å². The van der Waals surface area contributed by atoms with Crippen molar-refractivity contribution in [3.63, 3.8) is 0 Å². The molecular formula is C20H17N3O6S. The van der Waals surface area contributed by atoms with E-state index >= 15 is 0 Å². The van der Waals surface area contributed by atoms with E-state index in [2.05, 4.69) is 10.2 Å². The maximum Gasteiger partial charge on any atom is 0.296 e. The van der Waals surface area contributed by atoms with Crippen molar-refractivity contribution in [1.29, 1.82) is 0 Å². The summed E-state index contributed by atoms with van der Waals surface area (Å²) in [5.74, 6) is -0.801. The Bertz CT molecular complexity index is 1150. The number of nitrogens with zero attached hydrogens (tertiary/aromatic N) is 3. The minimum atomic E-state index is -1.02. The van der Waals surface area contributed by atoms with E-state index in [0.717, 1.165) is 11.3 Å². The van der Waals surface area contributed by atoms with Crippen LogP contribution in [0.25, 0.3) is 0 Å². The molecule has 0 spiro atoms. The number of aliphatic hydroxyl groups excluding tert-OH is 1. The maximum atomic E-state index is 13.3. The van der Waals surface area contributed by atoms with Crippen LogP contribution in [0.2, 0.25) is 0 Å². The highest BCUT2D eigenvalue weighted by Gasteiger charge is 2.47. The molecule has 1 atom stereocenters. The van der Waals surface area contributed by atoms with E-state index < -0.39 is 23.5 Å². The number of carbonyl (C=O) groups is 2. The molecule has 0 aliphatic carbocycles. The number of anilines is 1. The molecule has 1 unspecified atom stereocenters. The van der Waals surface area contributed by atoms with Gasteiger partial charge < -0.3 is 19.0 Å². The molecule has 1 aliphatic heterocycles. The topological polar surface area (TPSA) is 115 Å². The molecule has 30 heavy (non-hydrogen) atoms. The number of ether oxygens (including phenoxy) is 2.